The number of carbonyl (C=O) groups is 1. The summed E-state index contributed by atoms with van der Waals surface area (Å²) in [5, 5.41) is 2.86. The fourth-order valence-corrected chi connectivity index (χ4v) is 1.16. The summed E-state index contributed by atoms with van der Waals surface area (Å²) in [7, 11) is 1.65. The van der Waals surface area contributed by atoms with Crippen molar-refractivity contribution >= 4 is 5.91 Å². The van der Waals surface area contributed by atoms with Gasteiger partial charge in [0.2, 0.25) is 5.91 Å². The molecule has 0 spiro atoms. The second-order valence-electron chi connectivity index (χ2n) is 3.59. The number of amides is 1. The predicted molar refractivity (Wildman–Crippen MR) is 57.0 cm³/mol. The van der Waals surface area contributed by atoms with Gasteiger partial charge in [-0.25, -0.2) is 0 Å². The van der Waals surface area contributed by atoms with Gasteiger partial charge < -0.3 is 15.8 Å². The van der Waals surface area contributed by atoms with Crippen molar-refractivity contribution in [2.75, 3.05) is 13.7 Å². The lowest BCUT2D eigenvalue weighted by atomic mass is 10.1. The van der Waals surface area contributed by atoms with E-state index in [1.54, 1.807) is 7.11 Å². The van der Waals surface area contributed by atoms with Gasteiger partial charge in [0.05, 0.1) is 6.04 Å². The monoisotopic (exact) mass is 202 g/mol. The second-order valence-corrected chi connectivity index (χ2v) is 3.59. The molecule has 4 heteroatoms. The van der Waals surface area contributed by atoms with Gasteiger partial charge in [0.25, 0.3) is 0 Å². The third kappa shape index (κ3) is 5.94. The molecule has 0 aromatic rings. The van der Waals surface area contributed by atoms with Crippen molar-refractivity contribution in [1.82, 2.24) is 5.32 Å². The maximum atomic E-state index is 11.4. The van der Waals surface area contributed by atoms with Crippen LogP contribution in [0.4, 0.5) is 0 Å². The van der Waals surface area contributed by atoms with Crippen molar-refractivity contribution in [3.05, 3.63) is 0 Å². The van der Waals surface area contributed by atoms with Crippen molar-refractivity contribution in [2.24, 2.45) is 5.73 Å². The Bertz CT molecular complexity index is 162. The SMILES string of the molecule is CCC[C@@H](N)C(=O)NC(C)CCOC. The minimum atomic E-state index is -0.370. The van der Waals surface area contributed by atoms with Gasteiger partial charge in [-0.15, -0.1) is 0 Å². The molecular weight excluding hydrogens is 180 g/mol. The lowest BCUT2D eigenvalue weighted by Gasteiger charge is -2.16. The first-order valence-corrected chi connectivity index (χ1v) is 5.16. The molecule has 84 valence electrons. The van der Waals surface area contributed by atoms with Gasteiger partial charge in [-0.2, -0.15) is 0 Å². The van der Waals surface area contributed by atoms with Crippen LogP contribution in [0, 0.1) is 0 Å². The first-order valence-electron chi connectivity index (χ1n) is 5.16. The van der Waals surface area contributed by atoms with E-state index in [0.717, 1.165) is 19.3 Å². The molecule has 0 saturated heterocycles. The minimum Gasteiger partial charge on any atom is -0.385 e. The number of nitrogens with two attached hydrogens (primary N) is 1. The van der Waals surface area contributed by atoms with Crippen LogP contribution in [0.25, 0.3) is 0 Å². The fraction of sp³-hybridized carbons (Fsp3) is 0.900. The van der Waals surface area contributed by atoms with Crippen molar-refractivity contribution in [3.8, 4) is 0 Å². The lowest BCUT2D eigenvalue weighted by molar-refractivity contribution is -0.123. The summed E-state index contributed by atoms with van der Waals surface area (Å²) in [6, 6.07) is -0.240. The maximum Gasteiger partial charge on any atom is 0.237 e. The van der Waals surface area contributed by atoms with E-state index < -0.39 is 0 Å². The summed E-state index contributed by atoms with van der Waals surface area (Å²) in [5.41, 5.74) is 5.66. The summed E-state index contributed by atoms with van der Waals surface area (Å²) in [6.45, 7) is 4.63. The summed E-state index contributed by atoms with van der Waals surface area (Å²) in [4.78, 5) is 11.4. The van der Waals surface area contributed by atoms with Gasteiger partial charge >= 0.3 is 0 Å². The van der Waals surface area contributed by atoms with Crippen LogP contribution >= 0.6 is 0 Å². The summed E-state index contributed by atoms with van der Waals surface area (Å²) in [5.74, 6) is -0.0598. The number of methoxy groups -OCH3 is 1. The van der Waals surface area contributed by atoms with E-state index in [1.807, 2.05) is 13.8 Å². The first-order chi connectivity index (χ1) is 6.61. The molecule has 0 heterocycles. The molecule has 0 aromatic heterocycles. The van der Waals surface area contributed by atoms with Crippen LogP contribution in [0.15, 0.2) is 0 Å². The lowest BCUT2D eigenvalue weighted by Crippen LogP contribution is -2.44. The molecule has 0 radical (unpaired) electrons. The molecule has 1 unspecified atom stereocenters. The third-order valence-corrected chi connectivity index (χ3v) is 2.08. The van der Waals surface area contributed by atoms with Gasteiger partial charge in [0.1, 0.15) is 0 Å². The summed E-state index contributed by atoms with van der Waals surface area (Å²) < 4.78 is 4.92. The van der Waals surface area contributed by atoms with Gasteiger partial charge in [0, 0.05) is 19.8 Å². The number of hydrogen-bond donors (Lipinski definition) is 2. The van der Waals surface area contributed by atoms with Gasteiger partial charge in [-0.1, -0.05) is 13.3 Å². The van der Waals surface area contributed by atoms with Crippen LogP contribution in [0.1, 0.15) is 33.1 Å². The molecule has 0 rings (SSSR count). The molecule has 0 aliphatic rings. The van der Waals surface area contributed by atoms with Crippen LogP contribution in [0.2, 0.25) is 0 Å². The Balaban J connectivity index is 3.69. The number of ether oxygens (including phenoxy) is 1. The second kappa shape index (κ2) is 7.76. The quantitative estimate of drug-likeness (QED) is 0.637. The van der Waals surface area contributed by atoms with Gasteiger partial charge in [-0.3, -0.25) is 4.79 Å². The van der Waals surface area contributed by atoms with Crippen LogP contribution < -0.4 is 11.1 Å². The van der Waals surface area contributed by atoms with Crippen molar-refractivity contribution in [3.63, 3.8) is 0 Å². The molecule has 14 heavy (non-hydrogen) atoms. The van der Waals surface area contributed by atoms with Crippen LogP contribution in [-0.4, -0.2) is 31.7 Å². The van der Waals surface area contributed by atoms with Crippen molar-refractivity contribution in [1.29, 1.82) is 0 Å². The zero-order chi connectivity index (χ0) is 11.0. The number of carbonyl (C=O) groups excluding carboxylic acids is 1. The predicted octanol–water partition coefficient (Wildman–Crippen LogP) is 0.655. The average molecular weight is 202 g/mol. The molecular formula is C10H22N2O2. The molecule has 3 N–H and O–H groups in total. The highest BCUT2D eigenvalue weighted by Gasteiger charge is 2.14. The molecule has 0 saturated carbocycles. The van der Waals surface area contributed by atoms with E-state index in [0.29, 0.717) is 6.61 Å². The maximum absolute atomic E-state index is 11.4. The Morgan fingerprint density at radius 2 is 2.14 bits per heavy atom. The zero-order valence-electron chi connectivity index (χ0n) is 9.38. The van der Waals surface area contributed by atoms with E-state index in [1.165, 1.54) is 0 Å². The van der Waals surface area contributed by atoms with Crippen molar-refractivity contribution < 1.29 is 9.53 Å². The van der Waals surface area contributed by atoms with Gasteiger partial charge in [0.15, 0.2) is 0 Å². The highest BCUT2D eigenvalue weighted by Crippen LogP contribution is 1.96. The largest absolute Gasteiger partial charge is 0.385 e. The highest BCUT2D eigenvalue weighted by atomic mass is 16.5. The number of rotatable bonds is 7. The Morgan fingerprint density at radius 1 is 1.50 bits per heavy atom. The number of nitrogens with one attached hydrogen (secondary N) is 1. The molecule has 0 fully saturated rings. The van der Waals surface area contributed by atoms with E-state index >= 15 is 0 Å². The van der Waals surface area contributed by atoms with E-state index in [9.17, 15) is 4.79 Å². The smallest absolute Gasteiger partial charge is 0.237 e. The van der Waals surface area contributed by atoms with Crippen LogP contribution in [0.5, 0.6) is 0 Å². The molecule has 0 bridgehead atoms. The molecule has 2 atom stereocenters. The Morgan fingerprint density at radius 3 is 2.64 bits per heavy atom. The van der Waals surface area contributed by atoms with E-state index in [-0.39, 0.29) is 18.0 Å². The van der Waals surface area contributed by atoms with Crippen molar-refractivity contribution in [2.45, 2.75) is 45.2 Å². The summed E-state index contributed by atoms with van der Waals surface area (Å²) in [6.07, 6.45) is 2.49. The Hall–Kier alpha value is -0.610. The number of hydrogen-bond acceptors (Lipinski definition) is 3. The topological polar surface area (TPSA) is 64.4 Å². The van der Waals surface area contributed by atoms with E-state index in [4.69, 9.17) is 10.5 Å². The fourth-order valence-electron chi connectivity index (χ4n) is 1.16. The average Bonchev–Trinajstić information content (AvgIpc) is 2.15. The molecule has 0 aliphatic heterocycles. The summed E-state index contributed by atoms with van der Waals surface area (Å²) >= 11 is 0. The Labute approximate surface area is 86.2 Å². The normalized spacial score (nSPS) is 14.9. The first kappa shape index (κ1) is 13.4. The molecule has 0 aliphatic carbocycles. The third-order valence-electron chi connectivity index (χ3n) is 2.08. The molecule has 4 nitrogen and oxygen atoms in total. The van der Waals surface area contributed by atoms with Crippen LogP contribution in [0.3, 0.4) is 0 Å². The van der Waals surface area contributed by atoms with Crippen LogP contribution in [-0.2, 0) is 9.53 Å². The van der Waals surface area contributed by atoms with E-state index in [2.05, 4.69) is 5.32 Å². The standard InChI is InChI=1S/C10H22N2O2/c1-4-5-9(11)10(13)12-8(2)6-7-14-3/h8-9H,4-7,11H2,1-3H3,(H,12,13)/t8?,9-/m1/s1. The molecule has 0 aromatic carbocycles. The highest BCUT2D eigenvalue weighted by molar-refractivity contribution is 5.81. The minimum absolute atomic E-state index is 0.0598. The molecule has 1 amide bonds. The zero-order valence-corrected chi connectivity index (χ0v) is 9.38. The van der Waals surface area contributed by atoms with Gasteiger partial charge in [-0.05, 0) is 19.8 Å². The Kier molecular flexibility index (Phi) is 7.42.